The van der Waals surface area contributed by atoms with E-state index in [1.54, 1.807) is 0 Å². The normalized spacial score (nSPS) is 28.8. The van der Waals surface area contributed by atoms with Crippen LogP contribution < -0.4 is 0 Å². The average Bonchev–Trinajstić information content (AvgIpc) is 2.09. The summed E-state index contributed by atoms with van der Waals surface area (Å²) in [6, 6.07) is 0. The molecule has 0 N–H and O–H groups in total. The van der Waals surface area contributed by atoms with E-state index in [1.165, 1.54) is 0 Å². The fourth-order valence-corrected chi connectivity index (χ4v) is 3.94. The highest BCUT2D eigenvalue weighted by atomic mass is 32.2. The van der Waals surface area contributed by atoms with Gasteiger partial charge in [0, 0.05) is 11.5 Å². The molecule has 0 amide bonds. The first-order valence-electron chi connectivity index (χ1n) is 3.78. The zero-order valence-corrected chi connectivity index (χ0v) is 8.33. The topological polar surface area (TPSA) is 8.72 Å². The lowest BCUT2D eigenvalue weighted by atomic mass is 10.3. The number of hydrogen-bond donors (Lipinski definition) is 0. The van der Waals surface area contributed by atoms with Crippen molar-refractivity contribution in [3.63, 3.8) is 0 Å². The third-order valence-electron chi connectivity index (χ3n) is 1.70. The quantitative estimate of drug-likeness (QED) is 0.628. The molecule has 1 fully saturated rings. The van der Waals surface area contributed by atoms with E-state index in [1.807, 2.05) is 23.5 Å². The monoisotopic (exact) mass is 198 g/mol. The van der Waals surface area contributed by atoms with Crippen LogP contribution in [0, 0.1) is 13.1 Å². The van der Waals surface area contributed by atoms with Gasteiger partial charge in [-0.2, -0.15) is 0 Å². The Labute approximate surface area is 81.7 Å². The largest absolute Gasteiger partial charge is 0.316 e. The van der Waals surface area contributed by atoms with E-state index in [4.69, 9.17) is 13.1 Å². The van der Waals surface area contributed by atoms with Crippen molar-refractivity contribution in [1.82, 2.24) is 0 Å². The van der Waals surface area contributed by atoms with Crippen LogP contribution in [-0.4, -0.2) is 35.1 Å². The lowest BCUT2D eigenvalue weighted by molar-refractivity contribution is 0.868. The van der Waals surface area contributed by atoms with E-state index in [-0.39, 0.29) is 0 Å². The summed E-state index contributed by atoms with van der Waals surface area (Å²) in [5, 5.41) is 0.797. The van der Waals surface area contributed by atoms with Gasteiger partial charge in [-0.3, -0.25) is 0 Å². The van der Waals surface area contributed by atoms with E-state index in [9.17, 15) is 0 Å². The maximum absolute atomic E-state index is 6.79. The average molecular weight is 198 g/mol. The van der Waals surface area contributed by atoms with Crippen LogP contribution in [0.4, 0.5) is 0 Å². The maximum Gasteiger partial charge on any atom is 0.227 e. The van der Waals surface area contributed by atoms with Gasteiger partial charge in [-0.1, -0.05) is 0 Å². The summed E-state index contributed by atoms with van der Waals surface area (Å²) in [7, 11) is 0. The van der Waals surface area contributed by atoms with Gasteiger partial charge in [0.1, 0.15) is 0 Å². The molecular weight excluding hydrogens is 188 g/mol. The second-order valence-electron chi connectivity index (χ2n) is 2.50. The van der Waals surface area contributed by atoms with Gasteiger partial charge in [-0.15, -0.1) is 23.5 Å². The van der Waals surface area contributed by atoms with Crippen molar-refractivity contribution in [2.75, 3.05) is 24.6 Å². The van der Waals surface area contributed by atoms with Crippen LogP contribution >= 0.6 is 23.5 Å². The number of nitrogens with zero attached hydrogens (tertiary/aromatic N) is 2. The Morgan fingerprint density at radius 3 is 1.75 bits per heavy atom. The van der Waals surface area contributed by atoms with Crippen molar-refractivity contribution < 1.29 is 0 Å². The van der Waals surface area contributed by atoms with E-state index in [0.29, 0.717) is 23.6 Å². The minimum absolute atomic E-state index is 0.398. The van der Waals surface area contributed by atoms with Crippen molar-refractivity contribution in [2.45, 2.75) is 10.5 Å². The molecule has 0 bridgehead atoms. The van der Waals surface area contributed by atoms with Crippen molar-refractivity contribution in [3.8, 4) is 0 Å². The van der Waals surface area contributed by atoms with Gasteiger partial charge in [-0.05, 0) is 0 Å². The summed E-state index contributed by atoms with van der Waals surface area (Å²) < 4.78 is 0. The molecular formula is C8H10N2S2. The molecule has 0 aliphatic carbocycles. The summed E-state index contributed by atoms with van der Waals surface area (Å²) in [6.45, 7) is 14.7. The minimum Gasteiger partial charge on any atom is -0.316 e. The molecule has 1 aliphatic rings. The minimum atomic E-state index is 0.398. The van der Waals surface area contributed by atoms with E-state index in [2.05, 4.69) is 9.69 Å². The van der Waals surface area contributed by atoms with Crippen LogP contribution in [0.2, 0.25) is 0 Å². The Balaban J connectivity index is 2.44. The lowest BCUT2D eigenvalue weighted by Crippen LogP contribution is -2.29. The van der Waals surface area contributed by atoms with Crippen molar-refractivity contribution in [1.29, 1.82) is 0 Å². The molecule has 0 aromatic rings. The fourth-order valence-electron chi connectivity index (χ4n) is 1.13. The molecule has 0 aromatic carbocycles. The molecule has 1 aliphatic heterocycles. The highest BCUT2D eigenvalue weighted by Crippen LogP contribution is 2.31. The Morgan fingerprint density at radius 2 is 1.42 bits per heavy atom. The van der Waals surface area contributed by atoms with Gasteiger partial charge in [-0.25, -0.2) is 13.1 Å². The second-order valence-corrected chi connectivity index (χ2v) is 5.19. The van der Waals surface area contributed by atoms with Crippen molar-refractivity contribution >= 4 is 23.5 Å². The van der Waals surface area contributed by atoms with E-state index >= 15 is 0 Å². The van der Waals surface area contributed by atoms with Gasteiger partial charge < -0.3 is 9.69 Å². The summed E-state index contributed by atoms with van der Waals surface area (Å²) >= 11 is 3.72. The highest BCUT2D eigenvalue weighted by Gasteiger charge is 2.30. The lowest BCUT2D eigenvalue weighted by Gasteiger charge is -2.23. The molecule has 2 nitrogen and oxygen atoms in total. The Kier molecular flexibility index (Phi) is 4.35. The molecule has 0 spiro atoms. The van der Waals surface area contributed by atoms with Crippen LogP contribution in [0.3, 0.4) is 0 Å². The first-order chi connectivity index (χ1) is 5.88. The van der Waals surface area contributed by atoms with Gasteiger partial charge in [0.2, 0.25) is 13.1 Å². The standard InChI is InChI=1S/C8H10N2S2/c1-9-5-7-8(6-10-2)12-4-3-11-7/h7-8H,3-6H2. The summed E-state index contributed by atoms with van der Waals surface area (Å²) in [6.07, 6.45) is 0. The van der Waals surface area contributed by atoms with Crippen molar-refractivity contribution in [3.05, 3.63) is 22.8 Å². The SMILES string of the molecule is [C-]#[N+]CC1SCCSC1C[N+]#[C-]. The van der Waals surface area contributed by atoms with Crippen LogP contribution in [0.5, 0.6) is 0 Å². The van der Waals surface area contributed by atoms with Crippen molar-refractivity contribution in [2.24, 2.45) is 0 Å². The number of rotatable bonds is 2. The molecule has 0 saturated carbocycles. The van der Waals surface area contributed by atoms with Gasteiger partial charge >= 0.3 is 0 Å². The number of hydrogen-bond acceptors (Lipinski definition) is 2. The zero-order valence-electron chi connectivity index (χ0n) is 6.69. The summed E-state index contributed by atoms with van der Waals surface area (Å²) in [5.41, 5.74) is 0. The fraction of sp³-hybridized carbons (Fsp3) is 0.750. The Bertz CT molecular complexity index is 192. The molecule has 12 heavy (non-hydrogen) atoms. The molecule has 1 heterocycles. The first kappa shape index (κ1) is 9.77. The smallest absolute Gasteiger partial charge is 0.227 e. The molecule has 64 valence electrons. The third-order valence-corrected chi connectivity index (χ3v) is 4.83. The predicted molar refractivity (Wildman–Crippen MR) is 55.4 cm³/mol. The van der Waals surface area contributed by atoms with E-state index < -0.39 is 0 Å². The highest BCUT2D eigenvalue weighted by molar-refractivity contribution is 8.07. The van der Waals surface area contributed by atoms with E-state index in [0.717, 1.165) is 11.5 Å². The van der Waals surface area contributed by atoms with Gasteiger partial charge in [0.15, 0.2) is 0 Å². The molecule has 1 saturated heterocycles. The molecule has 0 aromatic heterocycles. The molecule has 2 atom stereocenters. The number of thioether (sulfide) groups is 2. The summed E-state index contributed by atoms with van der Waals surface area (Å²) in [4.78, 5) is 6.81. The maximum atomic E-state index is 6.79. The predicted octanol–water partition coefficient (Wildman–Crippen LogP) is 2.04. The summed E-state index contributed by atoms with van der Waals surface area (Å²) in [5.74, 6) is 2.28. The zero-order chi connectivity index (χ0) is 8.81. The van der Waals surface area contributed by atoms with Crippen LogP contribution in [0.25, 0.3) is 9.69 Å². The van der Waals surface area contributed by atoms with Crippen LogP contribution in [-0.2, 0) is 0 Å². The molecule has 1 rings (SSSR count). The second kappa shape index (κ2) is 5.35. The third kappa shape index (κ3) is 2.62. The molecule has 2 unspecified atom stereocenters. The van der Waals surface area contributed by atoms with Crippen LogP contribution in [0.1, 0.15) is 0 Å². The first-order valence-corrected chi connectivity index (χ1v) is 5.88. The Morgan fingerprint density at radius 1 is 1.00 bits per heavy atom. The van der Waals surface area contributed by atoms with Gasteiger partial charge in [0.05, 0.1) is 10.5 Å². The van der Waals surface area contributed by atoms with Gasteiger partial charge in [0.25, 0.3) is 0 Å². The molecule has 0 radical (unpaired) electrons. The Hall–Kier alpha value is -0.320. The molecule has 4 heteroatoms. The van der Waals surface area contributed by atoms with Crippen LogP contribution in [0.15, 0.2) is 0 Å².